The number of sulfone groups is 1. The van der Waals surface area contributed by atoms with Crippen molar-refractivity contribution in [2.75, 3.05) is 5.75 Å². The Kier molecular flexibility index (Phi) is 6.33. The van der Waals surface area contributed by atoms with Crippen molar-refractivity contribution in [1.29, 1.82) is 0 Å². The topological polar surface area (TPSA) is 64.8 Å². The van der Waals surface area contributed by atoms with E-state index in [4.69, 9.17) is 0 Å². The molecule has 0 spiro atoms. The Morgan fingerprint density at radius 1 is 1.09 bits per heavy atom. The summed E-state index contributed by atoms with van der Waals surface area (Å²) < 4.78 is 26.2. The van der Waals surface area contributed by atoms with Crippen molar-refractivity contribution >= 4 is 9.84 Å². The zero-order chi connectivity index (χ0) is 16.7. The standard InChI is InChI=1S/C17H25N3O2S/c1-3-4-5-6-7-16-14-20(19-18-16)12-13-23(21,22)17-10-8-15(2)9-11-17/h8-11,14H,3-7,12-13H2,1-2H3. The van der Waals surface area contributed by atoms with Crippen LogP contribution >= 0.6 is 0 Å². The number of benzene rings is 1. The van der Waals surface area contributed by atoms with Crippen LogP contribution in [0.2, 0.25) is 0 Å². The van der Waals surface area contributed by atoms with Gasteiger partial charge in [0.15, 0.2) is 9.84 Å². The molecule has 2 aromatic rings. The second-order valence-electron chi connectivity index (χ2n) is 5.92. The van der Waals surface area contributed by atoms with Crippen molar-refractivity contribution in [3.05, 3.63) is 41.7 Å². The highest BCUT2D eigenvalue weighted by molar-refractivity contribution is 7.91. The predicted molar refractivity (Wildman–Crippen MR) is 91.1 cm³/mol. The van der Waals surface area contributed by atoms with Gasteiger partial charge in [0.1, 0.15) is 0 Å². The fourth-order valence-electron chi connectivity index (χ4n) is 2.37. The summed E-state index contributed by atoms with van der Waals surface area (Å²) in [6.07, 6.45) is 7.52. The molecule has 0 unspecified atom stereocenters. The molecule has 0 saturated heterocycles. The molecular formula is C17H25N3O2S. The molecule has 126 valence electrons. The lowest BCUT2D eigenvalue weighted by Crippen LogP contribution is -2.13. The summed E-state index contributed by atoms with van der Waals surface area (Å²) in [6, 6.07) is 6.95. The second kappa shape index (κ2) is 8.24. The molecule has 5 nitrogen and oxygen atoms in total. The Morgan fingerprint density at radius 2 is 1.83 bits per heavy atom. The molecule has 0 radical (unpaired) electrons. The molecule has 6 heteroatoms. The van der Waals surface area contributed by atoms with E-state index in [1.807, 2.05) is 25.3 Å². The van der Waals surface area contributed by atoms with E-state index in [1.54, 1.807) is 16.8 Å². The van der Waals surface area contributed by atoms with E-state index in [0.717, 1.165) is 24.1 Å². The van der Waals surface area contributed by atoms with E-state index in [0.29, 0.717) is 11.4 Å². The molecule has 0 aliphatic heterocycles. The van der Waals surface area contributed by atoms with E-state index < -0.39 is 9.84 Å². The summed E-state index contributed by atoms with van der Waals surface area (Å²) in [5, 5.41) is 8.15. The molecule has 1 aromatic heterocycles. The van der Waals surface area contributed by atoms with Crippen LogP contribution in [0.15, 0.2) is 35.4 Å². The zero-order valence-corrected chi connectivity index (χ0v) is 14.7. The van der Waals surface area contributed by atoms with Gasteiger partial charge in [-0.2, -0.15) is 0 Å². The largest absolute Gasteiger partial charge is 0.251 e. The van der Waals surface area contributed by atoms with Crippen molar-refractivity contribution in [1.82, 2.24) is 15.0 Å². The third-order valence-electron chi connectivity index (χ3n) is 3.84. The average molecular weight is 335 g/mol. The van der Waals surface area contributed by atoms with Gasteiger partial charge in [-0.05, 0) is 31.9 Å². The molecule has 0 bridgehead atoms. The van der Waals surface area contributed by atoms with Crippen molar-refractivity contribution in [2.24, 2.45) is 0 Å². The smallest absolute Gasteiger partial charge is 0.180 e. The lowest BCUT2D eigenvalue weighted by atomic mass is 10.1. The number of hydrogen-bond donors (Lipinski definition) is 0. The molecule has 23 heavy (non-hydrogen) atoms. The van der Waals surface area contributed by atoms with Crippen LogP contribution in [0, 0.1) is 6.92 Å². The van der Waals surface area contributed by atoms with Crippen LogP contribution in [-0.2, 0) is 22.8 Å². The Labute approximate surface area is 138 Å². The lowest BCUT2D eigenvalue weighted by molar-refractivity contribution is 0.575. The quantitative estimate of drug-likeness (QED) is 0.660. The molecule has 0 atom stereocenters. The number of aryl methyl sites for hydroxylation is 3. The molecule has 0 fully saturated rings. The molecule has 0 saturated carbocycles. The van der Waals surface area contributed by atoms with Gasteiger partial charge < -0.3 is 0 Å². The maximum atomic E-state index is 12.3. The first-order valence-corrected chi connectivity index (χ1v) is 9.85. The van der Waals surface area contributed by atoms with Crippen LogP contribution in [0.5, 0.6) is 0 Å². The van der Waals surface area contributed by atoms with Crippen LogP contribution in [-0.4, -0.2) is 29.2 Å². The lowest BCUT2D eigenvalue weighted by Gasteiger charge is -2.04. The Bertz CT molecular complexity index is 706. The van der Waals surface area contributed by atoms with Crippen molar-refractivity contribution in [3.63, 3.8) is 0 Å². The minimum Gasteiger partial charge on any atom is -0.251 e. The maximum absolute atomic E-state index is 12.3. The Morgan fingerprint density at radius 3 is 2.52 bits per heavy atom. The maximum Gasteiger partial charge on any atom is 0.180 e. The minimum atomic E-state index is -3.28. The summed E-state index contributed by atoms with van der Waals surface area (Å²) in [5.41, 5.74) is 1.99. The molecular weight excluding hydrogens is 310 g/mol. The molecule has 1 aromatic carbocycles. The van der Waals surface area contributed by atoms with E-state index in [9.17, 15) is 8.42 Å². The first-order chi connectivity index (χ1) is 11.0. The Balaban J connectivity index is 1.88. The average Bonchev–Trinajstić information content (AvgIpc) is 2.98. The van der Waals surface area contributed by atoms with Gasteiger partial charge in [0.05, 0.1) is 22.9 Å². The summed E-state index contributed by atoms with van der Waals surface area (Å²) in [5.74, 6) is 0.0364. The van der Waals surface area contributed by atoms with Gasteiger partial charge in [0.2, 0.25) is 0 Å². The summed E-state index contributed by atoms with van der Waals surface area (Å²) in [7, 11) is -3.28. The van der Waals surface area contributed by atoms with Crippen LogP contribution in [0.3, 0.4) is 0 Å². The highest BCUT2D eigenvalue weighted by Gasteiger charge is 2.14. The van der Waals surface area contributed by atoms with Crippen molar-refractivity contribution in [2.45, 2.75) is 57.4 Å². The first-order valence-electron chi connectivity index (χ1n) is 8.19. The normalized spacial score (nSPS) is 11.7. The predicted octanol–water partition coefficient (Wildman–Crippen LogP) is 3.18. The monoisotopic (exact) mass is 335 g/mol. The SMILES string of the molecule is CCCCCCc1cn(CCS(=O)(=O)c2ccc(C)cc2)nn1. The number of rotatable bonds is 9. The zero-order valence-electron chi connectivity index (χ0n) is 13.9. The molecule has 0 N–H and O–H groups in total. The van der Waals surface area contributed by atoms with Crippen molar-refractivity contribution in [3.8, 4) is 0 Å². The Hall–Kier alpha value is -1.69. The third-order valence-corrected chi connectivity index (χ3v) is 5.55. The van der Waals surface area contributed by atoms with Crippen molar-refractivity contribution < 1.29 is 8.42 Å². The van der Waals surface area contributed by atoms with Crippen LogP contribution in [0.4, 0.5) is 0 Å². The number of aromatic nitrogens is 3. The van der Waals surface area contributed by atoms with E-state index in [-0.39, 0.29) is 5.75 Å². The number of unbranched alkanes of at least 4 members (excludes halogenated alkanes) is 3. The summed E-state index contributed by atoms with van der Waals surface area (Å²) in [4.78, 5) is 0.364. The number of hydrogen-bond acceptors (Lipinski definition) is 4. The second-order valence-corrected chi connectivity index (χ2v) is 8.02. The van der Waals surface area contributed by atoms with Gasteiger partial charge >= 0.3 is 0 Å². The van der Waals surface area contributed by atoms with E-state index in [2.05, 4.69) is 17.2 Å². The first kappa shape index (κ1) is 17.7. The van der Waals surface area contributed by atoms with Gasteiger partial charge in [-0.15, -0.1) is 5.10 Å². The van der Waals surface area contributed by atoms with Gasteiger partial charge in [0, 0.05) is 6.20 Å². The molecule has 1 heterocycles. The molecule has 0 aliphatic rings. The summed E-state index contributed by atoms with van der Waals surface area (Å²) >= 11 is 0. The molecule has 2 rings (SSSR count). The minimum absolute atomic E-state index is 0.0364. The van der Waals surface area contributed by atoms with Gasteiger partial charge in [-0.1, -0.05) is 49.1 Å². The molecule has 0 amide bonds. The number of nitrogens with zero attached hydrogens (tertiary/aromatic N) is 3. The van der Waals surface area contributed by atoms with Gasteiger partial charge in [0.25, 0.3) is 0 Å². The van der Waals surface area contributed by atoms with Gasteiger partial charge in [-0.25, -0.2) is 8.42 Å². The fourth-order valence-corrected chi connectivity index (χ4v) is 3.59. The highest BCUT2D eigenvalue weighted by Crippen LogP contribution is 2.12. The van der Waals surface area contributed by atoms with E-state index >= 15 is 0 Å². The third kappa shape index (κ3) is 5.46. The van der Waals surface area contributed by atoms with Crippen LogP contribution in [0.1, 0.15) is 43.9 Å². The van der Waals surface area contributed by atoms with E-state index in [1.165, 1.54) is 19.3 Å². The summed E-state index contributed by atoms with van der Waals surface area (Å²) in [6.45, 7) is 4.46. The van der Waals surface area contributed by atoms with Crippen LogP contribution in [0.25, 0.3) is 0 Å². The highest BCUT2D eigenvalue weighted by atomic mass is 32.2. The molecule has 0 aliphatic carbocycles. The van der Waals surface area contributed by atoms with Gasteiger partial charge in [-0.3, -0.25) is 4.68 Å². The fraction of sp³-hybridized carbons (Fsp3) is 0.529. The van der Waals surface area contributed by atoms with Crippen LogP contribution < -0.4 is 0 Å².